The van der Waals surface area contributed by atoms with Gasteiger partial charge in [0.2, 0.25) is 5.89 Å². The molecule has 5 nitrogen and oxygen atoms in total. The normalized spacial score (nSPS) is 27.4. The Morgan fingerprint density at radius 1 is 1.24 bits per heavy atom. The summed E-state index contributed by atoms with van der Waals surface area (Å²) in [5.74, 6) is 1.55. The second-order valence-corrected chi connectivity index (χ2v) is 6.55. The molecule has 0 spiro atoms. The van der Waals surface area contributed by atoms with Gasteiger partial charge in [0.05, 0.1) is 6.04 Å². The third-order valence-corrected chi connectivity index (χ3v) is 4.99. The smallest absolute Gasteiger partial charge is 0.318 e. The van der Waals surface area contributed by atoms with E-state index in [9.17, 15) is 0 Å². The number of piperidine rings is 1. The van der Waals surface area contributed by atoms with Crippen LogP contribution in [0.15, 0.2) is 4.42 Å². The Morgan fingerprint density at radius 3 is 2.90 bits per heavy atom. The summed E-state index contributed by atoms with van der Waals surface area (Å²) in [6.07, 6.45) is 9.12. The molecule has 0 amide bonds. The molecular weight excluding hydrogens is 264 g/mol. The third-order valence-electron chi connectivity index (χ3n) is 4.99. The van der Waals surface area contributed by atoms with Gasteiger partial charge in [0, 0.05) is 12.6 Å². The molecule has 2 fully saturated rings. The van der Waals surface area contributed by atoms with Gasteiger partial charge in [0.1, 0.15) is 0 Å². The van der Waals surface area contributed by atoms with Gasteiger partial charge in [-0.3, -0.25) is 0 Å². The zero-order valence-corrected chi connectivity index (χ0v) is 13.3. The van der Waals surface area contributed by atoms with Crippen molar-refractivity contribution in [2.24, 2.45) is 5.92 Å². The zero-order valence-electron chi connectivity index (χ0n) is 13.3. The first kappa shape index (κ1) is 14.8. The van der Waals surface area contributed by atoms with Crippen LogP contribution in [0.1, 0.15) is 70.7 Å². The molecular formula is C16H28N4O. The molecule has 0 aromatic carbocycles. The van der Waals surface area contributed by atoms with E-state index in [-0.39, 0.29) is 6.04 Å². The van der Waals surface area contributed by atoms with Crippen molar-refractivity contribution in [3.63, 3.8) is 0 Å². The molecule has 1 aliphatic heterocycles. The van der Waals surface area contributed by atoms with E-state index in [1.807, 2.05) is 0 Å². The summed E-state index contributed by atoms with van der Waals surface area (Å²) in [7, 11) is 0. The summed E-state index contributed by atoms with van der Waals surface area (Å²) >= 11 is 0. The standard InChI is InChI=1S/C16H28N4O/c1-3-10-17-12(2)15-18-19-16(21-15)20-11-6-8-13-7-4-5-9-14(13)20/h12-14,17H,3-11H2,1-2H3/t12?,13-,14-/m1/s1. The lowest BCUT2D eigenvalue weighted by atomic mass is 9.78. The van der Waals surface area contributed by atoms with Crippen LogP contribution in [0.5, 0.6) is 0 Å². The Hall–Kier alpha value is -1.10. The number of anilines is 1. The lowest BCUT2D eigenvalue weighted by Crippen LogP contribution is -2.47. The van der Waals surface area contributed by atoms with Gasteiger partial charge >= 0.3 is 6.01 Å². The Morgan fingerprint density at radius 2 is 2.05 bits per heavy atom. The Kier molecular flexibility index (Phi) is 4.78. The summed E-state index contributed by atoms with van der Waals surface area (Å²) in [5.41, 5.74) is 0. The fourth-order valence-corrected chi connectivity index (χ4v) is 3.83. The first-order valence-corrected chi connectivity index (χ1v) is 8.63. The number of aromatic nitrogens is 2. The lowest BCUT2D eigenvalue weighted by Gasteiger charge is -2.43. The van der Waals surface area contributed by atoms with Gasteiger partial charge < -0.3 is 14.6 Å². The SMILES string of the molecule is CCCNC(C)c1nnc(N2CCC[C@H]3CCCC[C@H]32)o1. The number of hydrogen-bond acceptors (Lipinski definition) is 5. The predicted molar refractivity (Wildman–Crippen MR) is 83.3 cm³/mol. The Labute approximate surface area is 127 Å². The van der Waals surface area contributed by atoms with Gasteiger partial charge in [-0.05, 0) is 51.5 Å². The van der Waals surface area contributed by atoms with E-state index in [2.05, 4.69) is 34.3 Å². The number of nitrogens with zero attached hydrogens (tertiary/aromatic N) is 3. The monoisotopic (exact) mass is 292 g/mol. The van der Waals surface area contributed by atoms with Crippen molar-refractivity contribution in [2.45, 2.75) is 70.9 Å². The quantitative estimate of drug-likeness (QED) is 0.902. The van der Waals surface area contributed by atoms with Crippen LogP contribution in [-0.2, 0) is 0 Å². The van der Waals surface area contributed by atoms with Gasteiger partial charge in [-0.2, -0.15) is 0 Å². The first-order valence-electron chi connectivity index (χ1n) is 8.63. The highest BCUT2D eigenvalue weighted by Crippen LogP contribution is 2.37. The van der Waals surface area contributed by atoms with Gasteiger partial charge in [-0.25, -0.2) is 0 Å². The maximum absolute atomic E-state index is 5.97. The summed E-state index contributed by atoms with van der Waals surface area (Å²) in [4.78, 5) is 2.39. The third kappa shape index (κ3) is 3.23. The second-order valence-electron chi connectivity index (χ2n) is 6.55. The lowest BCUT2D eigenvalue weighted by molar-refractivity contribution is 0.233. The maximum atomic E-state index is 5.97. The van der Waals surface area contributed by atoms with Crippen LogP contribution >= 0.6 is 0 Å². The van der Waals surface area contributed by atoms with Crippen LogP contribution in [0, 0.1) is 5.92 Å². The Bertz CT molecular complexity index is 445. The van der Waals surface area contributed by atoms with Crippen LogP contribution in [0.3, 0.4) is 0 Å². The molecule has 21 heavy (non-hydrogen) atoms. The molecule has 2 aliphatic rings. The largest absolute Gasteiger partial charge is 0.406 e. The highest BCUT2D eigenvalue weighted by atomic mass is 16.4. The molecule has 1 aromatic rings. The van der Waals surface area contributed by atoms with E-state index in [4.69, 9.17) is 4.42 Å². The summed E-state index contributed by atoms with van der Waals surface area (Å²) < 4.78 is 5.97. The molecule has 118 valence electrons. The topological polar surface area (TPSA) is 54.2 Å². The van der Waals surface area contributed by atoms with Crippen molar-refractivity contribution in [3.05, 3.63) is 5.89 Å². The molecule has 0 bridgehead atoms. The molecule has 0 radical (unpaired) electrons. The van der Waals surface area contributed by atoms with Crippen LogP contribution in [0.25, 0.3) is 0 Å². The highest BCUT2D eigenvalue weighted by molar-refractivity contribution is 5.29. The van der Waals surface area contributed by atoms with Crippen LogP contribution in [0.2, 0.25) is 0 Å². The molecule has 1 saturated carbocycles. The Balaban J connectivity index is 1.69. The van der Waals surface area contributed by atoms with Crippen molar-refractivity contribution >= 4 is 6.01 Å². The average Bonchev–Trinajstić information content (AvgIpc) is 3.02. The molecule has 1 unspecified atom stereocenters. The van der Waals surface area contributed by atoms with Crippen LogP contribution in [0.4, 0.5) is 6.01 Å². The predicted octanol–water partition coefficient (Wildman–Crippen LogP) is 3.29. The van der Waals surface area contributed by atoms with Gasteiger partial charge in [0.15, 0.2) is 0 Å². The number of nitrogens with one attached hydrogen (secondary N) is 1. The second kappa shape index (κ2) is 6.77. The van der Waals surface area contributed by atoms with Crippen molar-refractivity contribution in [3.8, 4) is 0 Å². The summed E-state index contributed by atoms with van der Waals surface area (Å²) in [5, 5.41) is 12.0. The molecule has 1 saturated heterocycles. The van der Waals surface area contributed by atoms with Crippen molar-refractivity contribution < 1.29 is 4.42 Å². The summed E-state index contributed by atoms with van der Waals surface area (Å²) in [6, 6.07) is 1.50. The van der Waals surface area contributed by atoms with E-state index < -0.39 is 0 Å². The van der Waals surface area contributed by atoms with E-state index in [0.717, 1.165) is 37.3 Å². The molecule has 2 heterocycles. The minimum atomic E-state index is 0.137. The van der Waals surface area contributed by atoms with Crippen molar-refractivity contribution in [2.75, 3.05) is 18.0 Å². The van der Waals surface area contributed by atoms with E-state index in [1.165, 1.54) is 38.5 Å². The van der Waals surface area contributed by atoms with E-state index in [1.54, 1.807) is 0 Å². The van der Waals surface area contributed by atoms with E-state index in [0.29, 0.717) is 6.04 Å². The van der Waals surface area contributed by atoms with Gasteiger partial charge in [-0.1, -0.05) is 24.9 Å². The van der Waals surface area contributed by atoms with E-state index >= 15 is 0 Å². The fourth-order valence-electron chi connectivity index (χ4n) is 3.83. The van der Waals surface area contributed by atoms with Crippen molar-refractivity contribution in [1.82, 2.24) is 15.5 Å². The van der Waals surface area contributed by atoms with Gasteiger partial charge in [0.25, 0.3) is 0 Å². The minimum absolute atomic E-state index is 0.137. The molecule has 1 aliphatic carbocycles. The number of fused-ring (bicyclic) bond motifs is 1. The highest BCUT2D eigenvalue weighted by Gasteiger charge is 2.35. The zero-order chi connectivity index (χ0) is 14.7. The van der Waals surface area contributed by atoms with Crippen molar-refractivity contribution in [1.29, 1.82) is 0 Å². The first-order chi connectivity index (χ1) is 10.3. The van der Waals surface area contributed by atoms with Crippen LogP contribution < -0.4 is 10.2 Å². The molecule has 3 atom stereocenters. The van der Waals surface area contributed by atoms with Crippen LogP contribution in [-0.4, -0.2) is 29.3 Å². The molecule has 3 rings (SSSR count). The molecule has 5 heteroatoms. The molecule has 1 aromatic heterocycles. The minimum Gasteiger partial charge on any atom is -0.406 e. The summed E-state index contributed by atoms with van der Waals surface area (Å²) in [6.45, 7) is 6.30. The number of rotatable bonds is 5. The fraction of sp³-hybridized carbons (Fsp3) is 0.875. The average molecular weight is 292 g/mol. The maximum Gasteiger partial charge on any atom is 0.318 e. The van der Waals surface area contributed by atoms with Gasteiger partial charge in [-0.15, -0.1) is 5.10 Å². The molecule has 1 N–H and O–H groups in total. The number of hydrogen-bond donors (Lipinski definition) is 1.